The van der Waals surface area contributed by atoms with E-state index < -0.39 is 0 Å². The number of hydrogen-bond acceptors (Lipinski definition) is 3. The predicted octanol–water partition coefficient (Wildman–Crippen LogP) is -2.59. The van der Waals surface area contributed by atoms with E-state index >= 15 is 0 Å². The van der Waals surface area contributed by atoms with Crippen LogP contribution in [0, 0.1) is 34.1 Å². The second-order valence-corrected chi connectivity index (χ2v) is 4.63. The largest absolute Gasteiger partial charge is 1.00 e. The first-order chi connectivity index (χ1) is 11.2. The number of nitrogens with one attached hydrogen (secondary N) is 1. The van der Waals surface area contributed by atoms with Crippen molar-refractivity contribution < 1.29 is 154 Å². The summed E-state index contributed by atoms with van der Waals surface area (Å²) in [6.45, 7) is 2.08. The summed E-state index contributed by atoms with van der Waals surface area (Å²) < 4.78 is 0. The van der Waals surface area contributed by atoms with E-state index in [0.29, 0.717) is 5.69 Å². The van der Waals surface area contributed by atoms with Gasteiger partial charge in [-0.1, -0.05) is 72.3 Å². The molecule has 0 amide bonds. The number of rotatable bonds is 2. The molecule has 3 aromatic rings. The van der Waals surface area contributed by atoms with E-state index in [0.717, 1.165) is 5.69 Å². The van der Waals surface area contributed by atoms with Crippen LogP contribution < -0.4 is 165 Å². The molecule has 0 bridgehead atoms. The van der Waals surface area contributed by atoms with E-state index in [2.05, 4.69) is 29.8 Å². The van der Waals surface area contributed by atoms with Crippen LogP contribution in [0.25, 0.3) is 0 Å². The molecule has 0 saturated heterocycles. The van der Waals surface area contributed by atoms with Crippen molar-refractivity contribution in [1.29, 1.82) is 0 Å². The Bertz CT molecular complexity index is 620. The molecule has 7 heteroatoms. The number of nitrogens with two attached hydrogens (primary N) is 1. The van der Waals surface area contributed by atoms with Crippen LogP contribution in [0.5, 0.6) is 0 Å². The normalized spacial score (nSPS) is 6.79. The fourth-order valence-corrected chi connectivity index (χ4v) is 1.55. The maximum absolute atomic E-state index is 9.61. The zero-order valence-electron chi connectivity index (χ0n) is 19.1. The number of anilines is 2. The summed E-state index contributed by atoms with van der Waals surface area (Å²) in [7, 11) is 0. The van der Waals surface area contributed by atoms with E-state index in [9.17, 15) is 4.91 Å². The quantitative estimate of drug-likeness (QED) is 0.142. The van der Waals surface area contributed by atoms with Crippen LogP contribution in [0.3, 0.4) is 0 Å². The average molecular weight is 470 g/mol. The zero-order chi connectivity index (χ0) is 16.8. The molecule has 3 N–H and O–H groups in total. The van der Waals surface area contributed by atoms with Crippen molar-refractivity contribution in [2.24, 2.45) is 5.29 Å². The molecule has 3 aromatic carbocycles. The van der Waals surface area contributed by atoms with Gasteiger partial charge in [-0.05, 0) is 31.2 Å². The molecule has 0 aromatic heterocycles. The zero-order valence-corrected chi connectivity index (χ0v) is 28.5. The second-order valence-electron chi connectivity index (χ2n) is 4.63. The van der Waals surface area contributed by atoms with Gasteiger partial charge in [0.05, 0.1) is 11.0 Å². The number of aryl methyl sites for hydroxylation is 1. The fraction of sp³-hybridized carbons (Fsp3) is 0.0455. The molecule has 0 aliphatic carbocycles. The molecule has 0 radical (unpaired) electrons. The van der Waals surface area contributed by atoms with Gasteiger partial charge in [-0.3, -0.25) is 0 Å². The maximum Gasteiger partial charge on any atom is 1.00 e. The van der Waals surface area contributed by atoms with Crippen LogP contribution in [-0.4, -0.2) is 0 Å². The van der Waals surface area contributed by atoms with Crippen molar-refractivity contribution in [1.82, 2.24) is 0 Å². The van der Waals surface area contributed by atoms with Gasteiger partial charge in [0.25, 0.3) is 0 Å². The molecule has 0 fully saturated rings. The third-order valence-corrected chi connectivity index (χ3v) is 2.69. The van der Waals surface area contributed by atoms with Crippen LogP contribution in [0.15, 0.2) is 96.3 Å². The molecule has 0 saturated carbocycles. The summed E-state index contributed by atoms with van der Waals surface area (Å²) in [5, 5.41) is 2.51. The molecule has 142 valence electrons. The molecule has 0 aliphatic heterocycles. The Kier molecular flexibility index (Phi) is 49.0. The molecular formula is C22H30K3N3O. The van der Waals surface area contributed by atoms with Crippen molar-refractivity contribution in [3.8, 4) is 0 Å². The van der Waals surface area contributed by atoms with Crippen LogP contribution >= 0.6 is 0 Å². The molecular weight excluding hydrogens is 440 g/mol. The van der Waals surface area contributed by atoms with E-state index in [-0.39, 0.29) is 176 Å². The van der Waals surface area contributed by atoms with E-state index in [4.69, 9.17) is 5.73 Å². The van der Waals surface area contributed by atoms with Gasteiger partial charge < -0.3 is 28.0 Å². The SMILES string of the molecule is Cc1ccccc1.Nc1ccccc1.O=NNc1ccccc1.[CH3-].[CH3-].[CH3-].[K+].[K+].[K+]. The maximum atomic E-state index is 9.61. The Hall–Kier alpha value is 1.77. The minimum atomic E-state index is 0. The monoisotopic (exact) mass is 469 g/mol. The van der Waals surface area contributed by atoms with Crippen molar-refractivity contribution in [2.75, 3.05) is 11.2 Å². The van der Waals surface area contributed by atoms with Gasteiger partial charge in [-0.2, -0.15) is 0 Å². The smallest absolute Gasteiger partial charge is 0.399 e. The van der Waals surface area contributed by atoms with Gasteiger partial charge in [0, 0.05) is 5.69 Å². The standard InChI is InChI=1S/C7H8.C6H6N2O.C6H7N.3CH3.3K/c1-7-5-3-2-4-6-7;9-8-7-6-4-2-1-3-5-6;7-6-4-2-1-3-5-6;;;;;;/h2-6H,1H3;1-5H,(H,7,9);1-5H,7H2;3*1H3;;;/q;;;3*-1;3*+1. The molecule has 0 spiro atoms. The average Bonchev–Trinajstić information content (AvgIpc) is 2.59. The number of para-hydroxylation sites is 2. The Morgan fingerprint density at radius 1 is 0.655 bits per heavy atom. The molecule has 0 unspecified atom stereocenters. The number of nitroso groups, excluding NO2 is 1. The summed E-state index contributed by atoms with van der Waals surface area (Å²) in [5.74, 6) is 0. The number of benzene rings is 3. The van der Waals surface area contributed by atoms with E-state index in [1.807, 2.05) is 66.7 Å². The Morgan fingerprint density at radius 3 is 1.24 bits per heavy atom. The van der Waals surface area contributed by atoms with Crippen LogP contribution in [-0.2, 0) is 0 Å². The van der Waals surface area contributed by atoms with Crippen LogP contribution in [0.2, 0.25) is 0 Å². The minimum Gasteiger partial charge on any atom is -0.399 e. The van der Waals surface area contributed by atoms with Crippen LogP contribution in [0.1, 0.15) is 5.56 Å². The van der Waals surface area contributed by atoms with E-state index in [1.165, 1.54) is 5.56 Å². The topological polar surface area (TPSA) is 67.5 Å². The third-order valence-electron chi connectivity index (χ3n) is 2.69. The third kappa shape index (κ3) is 27.7. The van der Waals surface area contributed by atoms with E-state index in [1.54, 1.807) is 12.1 Å². The molecule has 0 atom stereocenters. The summed E-state index contributed by atoms with van der Waals surface area (Å²) in [6, 6.07) is 28.8. The molecule has 29 heavy (non-hydrogen) atoms. The summed E-state index contributed by atoms with van der Waals surface area (Å²) in [6.07, 6.45) is 0. The second kappa shape index (κ2) is 32.0. The molecule has 4 nitrogen and oxygen atoms in total. The van der Waals surface area contributed by atoms with Gasteiger partial charge in [-0.15, -0.1) is 4.91 Å². The van der Waals surface area contributed by atoms with Gasteiger partial charge in [-0.25, -0.2) is 5.43 Å². The van der Waals surface area contributed by atoms with Gasteiger partial charge in [0.15, 0.2) is 0 Å². The van der Waals surface area contributed by atoms with Gasteiger partial charge >= 0.3 is 154 Å². The Labute approximate surface area is 305 Å². The molecule has 0 heterocycles. The van der Waals surface area contributed by atoms with Crippen molar-refractivity contribution in [3.05, 3.63) is 124 Å². The van der Waals surface area contributed by atoms with Gasteiger partial charge in [0.1, 0.15) is 0 Å². The Morgan fingerprint density at radius 2 is 1.00 bits per heavy atom. The number of nitrogens with zero attached hydrogens (tertiary/aromatic N) is 1. The number of nitrogen functional groups attached to an aromatic ring is 1. The summed E-state index contributed by atoms with van der Waals surface area (Å²) >= 11 is 0. The van der Waals surface area contributed by atoms with Gasteiger partial charge in [0.2, 0.25) is 0 Å². The first-order valence-corrected chi connectivity index (χ1v) is 7.18. The number of hydrogen-bond donors (Lipinski definition) is 2. The van der Waals surface area contributed by atoms with Crippen LogP contribution in [0.4, 0.5) is 11.4 Å². The first kappa shape index (κ1) is 44.4. The summed E-state index contributed by atoms with van der Waals surface area (Å²) in [5.41, 5.74) is 10.5. The predicted molar refractivity (Wildman–Crippen MR) is 117 cm³/mol. The minimum absolute atomic E-state index is 0. The van der Waals surface area contributed by atoms with Crippen molar-refractivity contribution in [3.63, 3.8) is 0 Å². The molecule has 3 rings (SSSR count). The summed E-state index contributed by atoms with van der Waals surface area (Å²) in [4.78, 5) is 9.61. The fourth-order valence-electron chi connectivity index (χ4n) is 1.55. The molecule has 0 aliphatic rings. The first-order valence-electron chi connectivity index (χ1n) is 7.18. The van der Waals surface area contributed by atoms with Crippen molar-refractivity contribution >= 4 is 11.4 Å². The van der Waals surface area contributed by atoms with Crippen molar-refractivity contribution in [2.45, 2.75) is 6.92 Å². The Balaban J connectivity index is -0.0000000625.